The first-order valence-electron chi connectivity index (χ1n) is 20.1. The van der Waals surface area contributed by atoms with Crippen molar-refractivity contribution in [1.82, 2.24) is 0 Å². The van der Waals surface area contributed by atoms with E-state index < -0.39 is 52.3 Å². The minimum atomic E-state index is -1.30. The number of carboxylic acid groups (broad SMARTS) is 2. The molecule has 0 spiro atoms. The van der Waals surface area contributed by atoms with Gasteiger partial charge in [-0.3, -0.25) is 9.59 Å². The van der Waals surface area contributed by atoms with Crippen LogP contribution in [0.1, 0.15) is 94.2 Å². The molecule has 0 saturated heterocycles. The maximum Gasteiger partial charge on any atom is 0.338 e. The molecule has 0 radical (unpaired) electrons. The van der Waals surface area contributed by atoms with Crippen molar-refractivity contribution in [2.45, 2.75) is 101 Å². The van der Waals surface area contributed by atoms with E-state index in [1.54, 1.807) is 26.0 Å². The third kappa shape index (κ3) is 14.0. The predicted molar refractivity (Wildman–Crippen MR) is 234 cm³/mol. The van der Waals surface area contributed by atoms with Crippen LogP contribution in [0.2, 0.25) is 0 Å². The van der Waals surface area contributed by atoms with Crippen molar-refractivity contribution in [1.29, 1.82) is 0 Å². The zero-order chi connectivity index (χ0) is 47.6. The Bertz CT molecular complexity index is 1770. The number of benzene rings is 2. The van der Waals surface area contributed by atoms with E-state index in [0.29, 0.717) is 49.4 Å². The van der Waals surface area contributed by atoms with Crippen LogP contribution in [0.3, 0.4) is 0 Å². The smallest absolute Gasteiger partial charge is 0.338 e. The van der Waals surface area contributed by atoms with Gasteiger partial charge in [0, 0.05) is 27.7 Å². The fraction of sp³-hybridized carbons (Fsp3) is 0.489. The number of hydrogen-bond donors (Lipinski definition) is 2. The summed E-state index contributed by atoms with van der Waals surface area (Å²) in [5.74, 6) is -1.34. The van der Waals surface area contributed by atoms with Crippen LogP contribution in [0.15, 0.2) is 74.3 Å². The maximum atomic E-state index is 12.3. The largest absolute Gasteiger partial charge is 0.499 e. The van der Waals surface area contributed by atoms with Gasteiger partial charge in [-0.2, -0.15) is 0 Å². The van der Waals surface area contributed by atoms with Crippen molar-refractivity contribution in [2.24, 2.45) is 10.8 Å². The summed E-state index contributed by atoms with van der Waals surface area (Å²) < 4.78 is 51.2. The topological polar surface area (TPSA) is 192 Å². The molecule has 0 aliphatic rings. The van der Waals surface area contributed by atoms with E-state index in [2.05, 4.69) is 26.3 Å². The molecule has 0 heterocycles. The highest BCUT2D eigenvalue weighted by Gasteiger charge is 2.45. The fourth-order valence-corrected chi connectivity index (χ4v) is 5.51. The molecule has 2 atom stereocenters. The lowest BCUT2D eigenvalue weighted by molar-refractivity contribution is -0.184. The van der Waals surface area contributed by atoms with Crippen molar-refractivity contribution in [2.75, 3.05) is 39.6 Å². The first-order chi connectivity index (χ1) is 28.9. The van der Waals surface area contributed by atoms with Crippen LogP contribution in [0, 0.1) is 10.8 Å². The monoisotopic (exact) mass is 870 g/mol. The van der Waals surface area contributed by atoms with Gasteiger partial charge in [0.2, 0.25) is 11.5 Å². The van der Waals surface area contributed by atoms with Crippen molar-refractivity contribution < 1.29 is 72.0 Å². The SMILES string of the molecule is C=C(C)C(=O)Oc1ccc(C(C)(C)c2ccc(OC(=O)C(=C)C)c(OCC)c2OCC)c(OCC)c1OCC.C=COCC(OC(COC=C)C(C)(C)C(=O)O)C(C)(C)C(=O)O. The molecule has 0 aromatic heterocycles. The summed E-state index contributed by atoms with van der Waals surface area (Å²) in [6.45, 7) is 35.8. The Labute approximate surface area is 366 Å². The summed E-state index contributed by atoms with van der Waals surface area (Å²) in [5.41, 5.74) is -1.29. The minimum Gasteiger partial charge on any atom is -0.499 e. The van der Waals surface area contributed by atoms with Crippen LogP contribution < -0.4 is 28.4 Å². The van der Waals surface area contributed by atoms with Gasteiger partial charge in [0.05, 0.1) is 49.8 Å². The summed E-state index contributed by atoms with van der Waals surface area (Å²) in [6.07, 6.45) is 0.530. The second-order valence-corrected chi connectivity index (χ2v) is 15.4. The Morgan fingerprint density at radius 2 is 0.887 bits per heavy atom. The quantitative estimate of drug-likeness (QED) is 0.0394. The van der Waals surface area contributed by atoms with E-state index in [0.717, 1.165) is 11.1 Å². The van der Waals surface area contributed by atoms with Gasteiger partial charge in [0.25, 0.3) is 0 Å². The first kappa shape index (κ1) is 54.1. The Balaban J connectivity index is 0.000000714. The van der Waals surface area contributed by atoms with E-state index in [1.165, 1.54) is 40.2 Å². The van der Waals surface area contributed by atoms with Crippen LogP contribution in [0.25, 0.3) is 0 Å². The summed E-state index contributed by atoms with van der Waals surface area (Å²) >= 11 is 0. The van der Waals surface area contributed by atoms with Crippen LogP contribution >= 0.6 is 0 Å². The van der Waals surface area contributed by atoms with Gasteiger partial charge in [-0.15, -0.1) is 0 Å². The highest BCUT2D eigenvalue weighted by atomic mass is 16.6. The molecule has 0 aliphatic heterocycles. The summed E-state index contributed by atoms with van der Waals surface area (Å²) in [7, 11) is 0. The van der Waals surface area contributed by atoms with Crippen molar-refractivity contribution in [3.8, 4) is 34.5 Å². The van der Waals surface area contributed by atoms with Gasteiger partial charge in [-0.1, -0.05) is 52.3 Å². The Morgan fingerprint density at radius 3 is 1.15 bits per heavy atom. The second-order valence-electron chi connectivity index (χ2n) is 15.4. The molecule has 15 heteroatoms. The molecule has 0 amide bonds. The molecule has 344 valence electrons. The Morgan fingerprint density at radius 1 is 0.581 bits per heavy atom. The highest BCUT2D eigenvalue weighted by Crippen LogP contribution is 2.52. The van der Waals surface area contributed by atoms with E-state index in [4.69, 9.17) is 42.6 Å². The van der Waals surface area contributed by atoms with Crippen LogP contribution in [-0.4, -0.2) is 85.9 Å². The van der Waals surface area contributed by atoms with Crippen LogP contribution in [0.5, 0.6) is 34.5 Å². The van der Waals surface area contributed by atoms with Gasteiger partial charge < -0.3 is 52.8 Å². The van der Waals surface area contributed by atoms with E-state index in [-0.39, 0.29) is 35.9 Å². The number of rotatable bonds is 26. The van der Waals surface area contributed by atoms with Gasteiger partial charge in [-0.25, -0.2) is 9.59 Å². The molecular formula is C47H66O15. The number of carboxylic acids is 2. The molecule has 62 heavy (non-hydrogen) atoms. The third-order valence-electron chi connectivity index (χ3n) is 9.53. The lowest BCUT2D eigenvalue weighted by Crippen LogP contribution is -2.50. The number of hydrogen-bond acceptors (Lipinski definition) is 13. The van der Waals surface area contributed by atoms with Crippen molar-refractivity contribution >= 4 is 23.9 Å². The summed E-state index contributed by atoms with van der Waals surface area (Å²) in [5, 5.41) is 18.8. The Hall–Kier alpha value is -5.96. The second kappa shape index (κ2) is 24.5. The van der Waals surface area contributed by atoms with E-state index in [1.807, 2.05) is 53.7 Å². The Kier molecular flexibility index (Phi) is 21.3. The molecule has 0 bridgehead atoms. The molecule has 2 N–H and O–H groups in total. The highest BCUT2D eigenvalue weighted by molar-refractivity contribution is 5.90. The van der Waals surface area contributed by atoms with Crippen LogP contribution in [0.4, 0.5) is 0 Å². The normalized spacial score (nSPS) is 12.2. The predicted octanol–water partition coefficient (Wildman–Crippen LogP) is 8.85. The molecule has 0 aliphatic carbocycles. The van der Waals surface area contributed by atoms with Gasteiger partial charge >= 0.3 is 23.9 Å². The zero-order valence-electron chi connectivity index (χ0n) is 38.4. The van der Waals surface area contributed by atoms with E-state index in [9.17, 15) is 29.4 Å². The number of carbonyl (C=O) groups excluding carboxylic acids is 2. The maximum absolute atomic E-state index is 12.3. The van der Waals surface area contributed by atoms with Gasteiger partial charge in [0.15, 0.2) is 23.0 Å². The standard InChI is InChI=1S/C31H40O8.C16H26O7/c1-11-34-25-21(15-17-23(27(25)36-13-3)38-29(32)19(5)6)31(9,10)22-16-18-24(39-30(33)20(7)8)28(37-14-4)26(22)35-12-2;1-7-21-9-11(15(3,4)13(17)18)23-12(10-22-8-2)16(5,6)14(19)20/h15-18H,5,7,11-14H2,1-4,6,8-10H3;7-8,11-12H,1-2,9-10H2,3-6H3,(H,17,18)(H,19,20). The molecule has 2 unspecified atom stereocenters. The van der Waals surface area contributed by atoms with Gasteiger partial charge in [0.1, 0.15) is 25.4 Å². The zero-order valence-corrected chi connectivity index (χ0v) is 38.4. The molecule has 0 saturated carbocycles. The summed E-state index contributed by atoms with van der Waals surface area (Å²) in [6, 6.07) is 7.02. The average Bonchev–Trinajstić information content (AvgIpc) is 3.19. The molecule has 2 aromatic rings. The number of carbonyl (C=O) groups is 4. The number of ether oxygens (including phenoxy) is 9. The minimum absolute atomic E-state index is 0.0803. The molecular weight excluding hydrogens is 805 g/mol. The first-order valence-corrected chi connectivity index (χ1v) is 20.1. The fourth-order valence-electron chi connectivity index (χ4n) is 5.51. The van der Waals surface area contributed by atoms with Crippen LogP contribution in [-0.2, 0) is 38.8 Å². The third-order valence-corrected chi connectivity index (χ3v) is 9.53. The number of aliphatic carboxylic acids is 2. The number of esters is 2. The average molecular weight is 871 g/mol. The van der Waals surface area contributed by atoms with Crippen molar-refractivity contribution in [3.05, 3.63) is 85.4 Å². The van der Waals surface area contributed by atoms with E-state index >= 15 is 0 Å². The van der Waals surface area contributed by atoms with Gasteiger partial charge in [-0.05, 0) is 81.4 Å². The molecule has 2 aromatic carbocycles. The molecule has 2 rings (SSSR count). The molecule has 0 fully saturated rings. The molecule has 15 nitrogen and oxygen atoms in total. The lowest BCUT2D eigenvalue weighted by atomic mass is 9.76. The van der Waals surface area contributed by atoms with Crippen molar-refractivity contribution in [3.63, 3.8) is 0 Å². The summed E-state index contributed by atoms with van der Waals surface area (Å²) in [4.78, 5) is 47.6. The lowest BCUT2D eigenvalue weighted by Gasteiger charge is -2.37.